The Hall–Kier alpha value is -5.18. The molecule has 0 N–H and O–H groups in total. The van der Waals surface area contributed by atoms with E-state index in [-0.39, 0.29) is 60.3 Å². The lowest BCUT2D eigenvalue weighted by Gasteiger charge is -2.34. The van der Waals surface area contributed by atoms with Gasteiger partial charge in [-0.15, -0.1) is 0 Å². The minimum Gasteiger partial charge on any atom is -0.451 e. The number of ether oxygens (including phenoxy) is 4. The molecule has 0 saturated carbocycles. The van der Waals surface area contributed by atoms with Gasteiger partial charge in [0.2, 0.25) is 18.0 Å². The monoisotopic (exact) mass is 599 g/mol. The standard InChI is InChI=1S/C28H23F2N3O10/c1-15-13-40-23-12-31-11-20(22(34)9-3-16-2-4-17(29)10-21(16)30)25(35)26(24(31)27(36)32(15)23)41-14-42-28(37)43-19-7-5-18(6-8-19)33(38)39/h2,4-8,10-11,15,23H,3,9,12-14H2,1H3/t15-,23+/m0/s1. The number of aromatic nitrogens is 1. The second kappa shape index (κ2) is 12.0. The third kappa shape index (κ3) is 6.06. The van der Waals surface area contributed by atoms with Gasteiger partial charge < -0.3 is 28.4 Å². The Balaban J connectivity index is 1.36. The maximum Gasteiger partial charge on any atom is 0.516 e. The van der Waals surface area contributed by atoms with Crippen molar-refractivity contribution in [2.75, 3.05) is 13.4 Å². The molecule has 1 saturated heterocycles. The predicted molar refractivity (Wildman–Crippen MR) is 141 cm³/mol. The van der Waals surface area contributed by atoms with E-state index in [2.05, 4.69) is 0 Å². The normalized spacial score (nSPS) is 17.2. The van der Waals surface area contributed by atoms with Crippen molar-refractivity contribution in [3.8, 4) is 11.5 Å². The number of nitro groups is 1. The van der Waals surface area contributed by atoms with Crippen molar-refractivity contribution < 1.29 is 47.0 Å². The molecule has 2 aliphatic rings. The van der Waals surface area contributed by atoms with Crippen molar-refractivity contribution in [3.63, 3.8) is 0 Å². The molecule has 0 aliphatic carbocycles. The fourth-order valence-electron chi connectivity index (χ4n) is 4.80. The lowest BCUT2D eigenvalue weighted by molar-refractivity contribution is -0.384. The molecule has 3 heterocycles. The number of benzene rings is 2. The van der Waals surface area contributed by atoms with Crippen LogP contribution in [0, 0.1) is 21.7 Å². The van der Waals surface area contributed by atoms with Gasteiger partial charge in [-0.05, 0) is 37.1 Å². The highest BCUT2D eigenvalue weighted by Crippen LogP contribution is 2.30. The van der Waals surface area contributed by atoms with Crippen molar-refractivity contribution in [2.45, 2.75) is 38.6 Å². The van der Waals surface area contributed by atoms with Crippen molar-refractivity contribution in [2.24, 2.45) is 0 Å². The van der Waals surface area contributed by atoms with Crippen LogP contribution in [0.5, 0.6) is 11.5 Å². The Labute approximate surface area is 241 Å². The average molecular weight is 599 g/mol. The molecule has 0 unspecified atom stereocenters. The molecule has 0 spiro atoms. The number of aryl methyl sites for hydroxylation is 1. The number of amides is 1. The molecule has 224 valence electrons. The first-order valence-electron chi connectivity index (χ1n) is 12.9. The van der Waals surface area contributed by atoms with Gasteiger partial charge >= 0.3 is 6.16 Å². The molecule has 3 aromatic rings. The SMILES string of the molecule is C[C@H]1CO[C@@H]2Cn3cc(C(=O)CCc4ccc(F)cc4F)c(=O)c(OCOC(=O)Oc4ccc([N+](=O)[O-])cc4)c3C(=O)N12. The van der Waals surface area contributed by atoms with Crippen LogP contribution in [0.15, 0.2) is 53.5 Å². The maximum atomic E-state index is 14.1. The summed E-state index contributed by atoms with van der Waals surface area (Å²) in [7, 11) is 0. The van der Waals surface area contributed by atoms with Crippen molar-refractivity contribution in [3.05, 3.63) is 97.5 Å². The number of fused-ring (bicyclic) bond motifs is 2. The quantitative estimate of drug-likeness (QED) is 0.0889. The van der Waals surface area contributed by atoms with Crippen LogP contribution in [-0.2, 0) is 22.4 Å². The number of carbonyl (C=O) groups excluding carboxylic acids is 3. The number of pyridine rings is 1. The van der Waals surface area contributed by atoms with Crippen LogP contribution in [-0.4, -0.2) is 57.9 Å². The molecule has 15 heteroatoms. The lowest BCUT2D eigenvalue weighted by Crippen LogP contribution is -2.49. The molecule has 1 amide bonds. The zero-order valence-electron chi connectivity index (χ0n) is 22.5. The number of nitro benzene ring substituents is 1. The Morgan fingerprint density at radius 1 is 1.14 bits per heavy atom. The maximum absolute atomic E-state index is 14.1. The molecule has 0 radical (unpaired) electrons. The number of hydrogen-bond donors (Lipinski definition) is 0. The van der Waals surface area contributed by atoms with Crippen LogP contribution >= 0.6 is 0 Å². The smallest absolute Gasteiger partial charge is 0.451 e. The van der Waals surface area contributed by atoms with E-state index in [4.69, 9.17) is 18.9 Å². The van der Waals surface area contributed by atoms with Crippen LogP contribution in [0.2, 0.25) is 0 Å². The highest BCUT2D eigenvalue weighted by molar-refractivity contribution is 6.00. The molecule has 1 aromatic heterocycles. The summed E-state index contributed by atoms with van der Waals surface area (Å²) in [4.78, 5) is 63.8. The first kappa shape index (κ1) is 29.3. The summed E-state index contributed by atoms with van der Waals surface area (Å²) < 4.78 is 49.6. The Bertz CT molecular complexity index is 1670. The van der Waals surface area contributed by atoms with Crippen molar-refractivity contribution >= 4 is 23.5 Å². The number of Topliss-reactive ketones (excluding diaryl/α,β-unsaturated/α-hetero) is 1. The largest absolute Gasteiger partial charge is 0.516 e. The van der Waals surface area contributed by atoms with Gasteiger partial charge in [-0.3, -0.25) is 24.5 Å². The summed E-state index contributed by atoms with van der Waals surface area (Å²) in [6.45, 7) is 1.18. The minimum atomic E-state index is -1.27. The van der Waals surface area contributed by atoms with E-state index in [9.17, 15) is 38.1 Å². The number of hydrogen-bond acceptors (Lipinski definition) is 10. The van der Waals surface area contributed by atoms with Gasteiger partial charge in [0.25, 0.3) is 11.6 Å². The summed E-state index contributed by atoms with van der Waals surface area (Å²) in [5.41, 5.74) is -1.66. The fraction of sp³-hybridized carbons (Fsp3) is 0.286. The van der Waals surface area contributed by atoms with Crippen molar-refractivity contribution in [1.29, 1.82) is 0 Å². The second-order valence-electron chi connectivity index (χ2n) is 9.72. The zero-order valence-corrected chi connectivity index (χ0v) is 22.5. The van der Waals surface area contributed by atoms with Crippen LogP contribution in [0.25, 0.3) is 0 Å². The molecule has 13 nitrogen and oxygen atoms in total. The molecular weight excluding hydrogens is 576 g/mol. The van der Waals surface area contributed by atoms with Gasteiger partial charge in [0.1, 0.15) is 17.4 Å². The third-order valence-corrected chi connectivity index (χ3v) is 6.91. The number of ketones is 1. The van der Waals surface area contributed by atoms with E-state index in [1.165, 1.54) is 33.9 Å². The Morgan fingerprint density at radius 2 is 1.88 bits per heavy atom. The first-order valence-corrected chi connectivity index (χ1v) is 12.9. The first-order chi connectivity index (χ1) is 20.5. The van der Waals surface area contributed by atoms with Gasteiger partial charge in [-0.1, -0.05) is 6.07 Å². The molecule has 2 aliphatic heterocycles. The summed E-state index contributed by atoms with van der Waals surface area (Å²) in [6, 6.07) is 7.19. The lowest BCUT2D eigenvalue weighted by atomic mass is 10.0. The highest BCUT2D eigenvalue weighted by Gasteiger charge is 2.43. The molecule has 1 fully saturated rings. The molecule has 43 heavy (non-hydrogen) atoms. The van der Waals surface area contributed by atoms with Gasteiger partial charge in [-0.2, -0.15) is 0 Å². The van der Waals surface area contributed by atoms with Crippen molar-refractivity contribution in [1.82, 2.24) is 9.47 Å². The van der Waals surface area contributed by atoms with Gasteiger partial charge in [0.05, 0.1) is 29.7 Å². The number of non-ortho nitro benzene ring substituents is 1. The van der Waals surface area contributed by atoms with E-state index < -0.39 is 58.6 Å². The summed E-state index contributed by atoms with van der Waals surface area (Å²) in [5.74, 6) is -3.53. The van der Waals surface area contributed by atoms with Gasteiger partial charge in [0.15, 0.2) is 17.7 Å². The van der Waals surface area contributed by atoms with Gasteiger partial charge in [-0.25, -0.2) is 13.6 Å². The Kier molecular flexibility index (Phi) is 8.16. The summed E-state index contributed by atoms with van der Waals surface area (Å²) in [6.07, 6.45) is -1.17. The molecule has 2 aromatic carbocycles. The summed E-state index contributed by atoms with van der Waals surface area (Å²) in [5, 5.41) is 10.8. The van der Waals surface area contributed by atoms with Crippen LogP contribution in [0.3, 0.4) is 0 Å². The molecular formula is C28H23F2N3O10. The van der Waals surface area contributed by atoms with Crippen LogP contribution < -0.4 is 14.9 Å². The predicted octanol–water partition coefficient (Wildman–Crippen LogP) is 3.60. The van der Waals surface area contributed by atoms with E-state index in [1.807, 2.05) is 0 Å². The van der Waals surface area contributed by atoms with Crippen LogP contribution in [0.4, 0.5) is 19.3 Å². The van der Waals surface area contributed by atoms with E-state index in [1.54, 1.807) is 6.92 Å². The number of carbonyl (C=O) groups is 3. The number of halogens is 2. The molecule has 0 bridgehead atoms. The topological polar surface area (TPSA) is 157 Å². The van der Waals surface area contributed by atoms with E-state index in [0.717, 1.165) is 18.2 Å². The molecule has 2 atom stereocenters. The number of rotatable bonds is 9. The minimum absolute atomic E-state index is 0.0672. The van der Waals surface area contributed by atoms with Gasteiger partial charge in [0, 0.05) is 30.8 Å². The second-order valence-corrected chi connectivity index (χ2v) is 9.72. The average Bonchev–Trinajstić information content (AvgIpc) is 3.34. The number of nitrogens with zero attached hydrogens (tertiary/aromatic N) is 3. The van der Waals surface area contributed by atoms with E-state index in [0.29, 0.717) is 6.07 Å². The van der Waals surface area contributed by atoms with Crippen LogP contribution in [0.1, 0.15) is 39.8 Å². The highest BCUT2D eigenvalue weighted by atomic mass is 19.1. The fourth-order valence-corrected chi connectivity index (χ4v) is 4.80. The third-order valence-electron chi connectivity index (χ3n) is 6.91. The zero-order chi connectivity index (χ0) is 30.8. The summed E-state index contributed by atoms with van der Waals surface area (Å²) >= 11 is 0. The van der Waals surface area contributed by atoms with E-state index >= 15 is 0 Å². The Morgan fingerprint density at radius 3 is 2.58 bits per heavy atom. The molecule has 5 rings (SSSR count).